The maximum Gasteiger partial charge on any atom is 0.326 e. The molecule has 0 aromatic heterocycles. The monoisotopic (exact) mass is 266 g/mol. The van der Waals surface area contributed by atoms with Crippen LogP contribution in [0.1, 0.15) is 17.5 Å². The second-order valence-corrected chi connectivity index (χ2v) is 4.30. The summed E-state index contributed by atoms with van der Waals surface area (Å²) in [5.74, 6) is -1.18. The summed E-state index contributed by atoms with van der Waals surface area (Å²) in [5.41, 5.74) is 2.73. The molecule has 0 spiro atoms. The van der Waals surface area contributed by atoms with Crippen molar-refractivity contribution in [2.45, 2.75) is 26.3 Å². The summed E-state index contributed by atoms with van der Waals surface area (Å²) in [6.07, 6.45) is -0.0321. The Kier molecular flexibility index (Phi) is 5.32. The van der Waals surface area contributed by atoms with Crippen LogP contribution in [0.5, 0.6) is 0 Å². The van der Waals surface area contributed by atoms with E-state index in [1.165, 1.54) is 0 Å². The van der Waals surface area contributed by atoms with Crippen LogP contribution in [0, 0.1) is 13.8 Å². The molecular formula is C13H18N2O4. The lowest BCUT2D eigenvalue weighted by Crippen LogP contribution is -2.43. The quantitative estimate of drug-likeness (QED) is 0.644. The predicted molar refractivity (Wildman–Crippen MR) is 71.2 cm³/mol. The van der Waals surface area contributed by atoms with Gasteiger partial charge in [0.2, 0.25) is 0 Å². The highest BCUT2D eigenvalue weighted by Crippen LogP contribution is 2.13. The molecule has 6 heteroatoms. The van der Waals surface area contributed by atoms with Gasteiger partial charge in [-0.2, -0.15) is 0 Å². The maximum absolute atomic E-state index is 11.6. The first-order valence-corrected chi connectivity index (χ1v) is 5.92. The molecular weight excluding hydrogens is 248 g/mol. The Labute approximate surface area is 111 Å². The van der Waals surface area contributed by atoms with Gasteiger partial charge in [0.15, 0.2) is 0 Å². The summed E-state index contributed by atoms with van der Waals surface area (Å²) in [6, 6.07) is 3.70. The molecule has 6 nitrogen and oxygen atoms in total. The van der Waals surface area contributed by atoms with Gasteiger partial charge in [-0.1, -0.05) is 6.07 Å². The van der Waals surface area contributed by atoms with Crippen LogP contribution in [-0.2, 0) is 4.79 Å². The number of benzene rings is 1. The smallest absolute Gasteiger partial charge is 0.326 e. The highest BCUT2D eigenvalue weighted by molar-refractivity contribution is 5.92. The molecule has 0 aliphatic heterocycles. The van der Waals surface area contributed by atoms with E-state index < -0.39 is 18.0 Å². The van der Waals surface area contributed by atoms with Crippen LogP contribution in [0.4, 0.5) is 10.5 Å². The molecule has 0 bridgehead atoms. The number of amides is 2. The summed E-state index contributed by atoms with van der Waals surface area (Å²) < 4.78 is 0. The zero-order valence-electron chi connectivity index (χ0n) is 10.9. The summed E-state index contributed by atoms with van der Waals surface area (Å²) in [4.78, 5) is 22.5. The molecule has 19 heavy (non-hydrogen) atoms. The van der Waals surface area contributed by atoms with Gasteiger partial charge in [0, 0.05) is 18.7 Å². The van der Waals surface area contributed by atoms with Gasteiger partial charge in [0.25, 0.3) is 0 Å². The molecule has 0 saturated heterocycles. The van der Waals surface area contributed by atoms with Crippen LogP contribution in [-0.4, -0.2) is 34.9 Å². The summed E-state index contributed by atoms with van der Waals surface area (Å²) >= 11 is 0. The Morgan fingerprint density at radius 1 is 1.26 bits per heavy atom. The average Bonchev–Trinajstić information content (AvgIpc) is 2.33. The van der Waals surface area contributed by atoms with Crippen molar-refractivity contribution in [3.63, 3.8) is 0 Å². The summed E-state index contributed by atoms with van der Waals surface area (Å²) in [6.45, 7) is 3.58. The number of aliphatic hydroxyl groups excluding tert-OH is 1. The molecule has 4 N–H and O–H groups in total. The van der Waals surface area contributed by atoms with Gasteiger partial charge < -0.3 is 20.8 Å². The molecule has 0 heterocycles. The number of aryl methyl sites for hydroxylation is 2. The number of carbonyl (C=O) groups excluding carboxylic acids is 1. The van der Waals surface area contributed by atoms with Crippen molar-refractivity contribution in [2.75, 3.05) is 11.9 Å². The Balaban J connectivity index is 2.63. The molecule has 1 unspecified atom stereocenters. The van der Waals surface area contributed by atoms with Crippen LogP contribution in [0.2, 0.25) is 0 Å². The first-order valence-electron chi connectivity index (χ1n) is 5.92. The first-order chi connectivity index (χ1) is 8.93. The number of hydrogen-bond donors (Lipinski definition) is 4. The van der Waals surface area contributed by atoms with Crippen LogP contribution >= 0.6 is 0 Å². The number of rotatable bonds is 5. The van der Waals surface area contributed by atoms with Gasteiger partial charge in [-0.25, -0.2) is 9.59 Å². The van der Waals surface area contributed by atoms with Crippen LogP contribution in [0.15, 0.2) is 18.2 Å². The number of carboxylic acids is 1. The van der Waals surface area contributed by atoms with Crippen molar-refractivity contribution < 1.29 is 19.8 Å². The molecule has 0 aliphatic carbocycles. The van der Waals surface area contributed by atoms with Gasteiger partial charge in [-0.3, -0.25) is 0 Å². The molecule has 104 valence electrons. The fourth-order valence-electron chi connectivity index (χ4n) is 1.53. The van der Waals surface area contributed by atoms with Crippen LogP contribution < -0.4 is 10.6 Å². The van der Waals surface area contributed by atoms with Gasteiger partial charge in [-0.05, 0) is 37.1 Å². The van der Waals surface area contributed by atoms with Gasteiger partial charge in [0.1, 0.15) is 6.04 Å². The SMILES string of the molecule is Cc1ccc(NC(=O)NC(CCO)C(=O)O)cc1C. The fraction of sp³-hybridized carbons (Fsp3) is 0.385. The molecule has 1 atom stereocenters. The molecule has 0 fully saturated rings. The number of nitrogens with one attached hydrogen (secondary N) is 2. The molecule has 0 radical (unpaired) electrons. The summed E-state index contributed by atoms with van der Waals surface area (Å²) in [5, 5.41) is 22.4. The zero-order valence-corrected chi connectivity index (χ0v) is 10.9. The van der Waals surface area contributed by atoms with Crippen molar-refractivity contribution in [1.82, 2.24) is 5.32 Å². The predicted octanol–water partition coefficient (Wildman–Crippen LogP) is 1.26. The topological polar surface area (TPSA) is 98.7 Å². The third kappa shape index (κ3) is 4.59. The van der Waals surface area contributed by atoms with E-state index in [0.29, 0.717) is 5.69 Å². The number of anilines is 1. The van der Waals surface area contributed by atoms with E-state index in [2.05, 4.69) is 10.6 Å². The van der Waals surface area contributed by atoms with E-state index in [9.17, 15) is 9.59 Å². The standard InChI is InChI=1S/C13H18N2O4/c1-8-3-4-10(7-9(8)2)14-13(19)15-11(5-6-16)12(17)18/h3-4,7,11,16H,5-6H2,1-2H3,(H,17,18)(H2,14,15,19). The van der Waals surface area contributed by atoms with E-state index in [0.717, 1.165) is 11.1 Å². The van der Waals surface area contributed by atoms with Gasteiger partial charge in [0.05, 0.1) is 0 Å². The van der Waals surface area contributed by atoms with E-state index in [-0.39, 0.29) is 13.0 Å². The Morgan fingerprint density at radius 2 is 1.95 bits per heavy atom. The van der Waals surface area contributed by atoms with E-state index in [1.807, 2.05) is 19.9 Å². The lowest BCUT2D eigenvalue weighted by molar-refractivity contribution is -0.139. The number of hydrogen-bond acceptors (Lipinski definition) is 3. The summed E-state index contributed by atoms with van der Waals surface area (Å²) in [7, 11) is 0. The van der Waals surface area contributed by atoms with Crippen molar-refractivity contribution in [1.29, 1.82) is 0 Å². The van der Waals surface area contributed by atoms with Crippen molar-refractivity contribution in [2.24, 2.45) is 0 Å². The molecule has 0 aliphatic rings. The molecule has 2 amide bonds. The Hall–Kier alpha value is -2.08. The second-order valence-electron chi connectivity index (χ2n) is 4.30. The van der Waals surface area contributed by atoms with Crippen LogP contribution in [0.25, 0.3) is 0 Å². The van der Waals surface area contributed by atoms with Crippen molar-refractivity contribution in [3.8, 4) is 0 Å². The molecule has 0 saturated carbocycles. The van der Waals surface area contributed by atoms with E-state index >= 15 is 0 Å². The molecule has 1 aromatic rings. The number of urea groups is 1. The fourth-order valence-corrected chi connectivity index (χ4v) is 1.53. The molecule has 1 aromatic carbocycles. The number of carbonyl (C=O) groups is 2. The lowest BCUT2D eigenvalue weighted by Gasteiger charge is -2.14. The number of carboxylic acid groups (broad SMARTS) is 1. The second kappa shape index (κ2) is 6.75. The van der Waals surface area contributed by atoms with Gasteiger partial charge in [-0.15, -0.1) is 0 Å². The highest BCUT2D eigenvalue weighted by Gasteiger charge is 2.19. The minimum atomic E-state index is -1.18. The van der Waals surface area contributed by atoms with Gasteiger partial charge >= 0.3 is 12.0 Å². The average molecular weight is 266 g/mol. The maximum atomic E-state index is 11.6. The lowest BCUT2D eigenvalue weighted by atomic mass is 10.1. The van der Waals surface area contributed by atoms with E-state index in [1.54, 1.807) is 12.1 Å². The Morgan fingerprint density at radius 3 is 2.47 bits per heavy atom. The largest absolute Gasteiger partial charge is 0.480 e. The highest BCUT2D eigenvalue weighted by atomic mass is 16.4. The number of aliphatic carboxylic acids is 1. The third-order valence-electron chi connectivity index (χ3n) is 2.79. The Bertz CT molecular complexity index is 474. The number of aliphatic hydroxyl groups is 1. The van der Waals surface area contributed by atoms with Crippen LogP contribution in [0.3, 0.4) is 0 Å². The minimum absolute atomic E-state index is 0.0321. The van der Waals surface area contributed by atoms with Crippen molar-refractivity contribution in [3.05, 3.63) is 29.3 Å². The third-order valence-corrected chi connectivity index (χ3v) is 2.79. The normalized spacial score (nSPS) is 11.7. The first kappa shape index (κ1) is 15.0. The van der Waals surface area contributed by atoms with E-state index in [4.69, 9.17) is 10.2 Å². The minimum Gasteiger partial charge on any atom is -0.480 e. The van der Waals surface area contributed by atoms with Crippen molar-refractivity contribution >= 4 is 17.7 Å². The zero-order chi connectivity index (χ0) is 14.4. The molecule has 1 rings (SSSR count).